The van der Waals surface area contributed by atoms with E-state index in [1.54, 1.807) is 6.07 Å². The largest absolute Gasteiger partial charge is 0.480 e. The molecule has 7 nitrogen and oxygen atoms in total. The van der Waals surface area contributed by atoms with Crippen LogP contribution < -0.4 is 0 Å². The second kappa shape index (κ2) is 5.87. The average Bonchev–Trinajstić information content (AvgIpc) is 2.35. The molecule has 1 aromatic rings. The van der Waals surface area contributed by atoms with Gasteiger partial charge in [0.25, 0.3) is 5.91 Å². The Morgan fingerprint density at radius 1 is 1.39 bits per heavy atom. The van der Waals surface area contributed by atoms with Crippen LogP contribution >= 0.6 is 0 Å². The first-order chi connectivity index (χ1) is 8.49. The van der Waals surface area contributed by atoms with Gasteiger partial charge in [-0.05, 0) is 12.1 Å². The normalized spacial score (nSPS) is 11.7. The lowest BCUT2D eigenvalue weighted by Crippen LogP contribution is -2.50. The molecule has 0 fully saturated rings. The number of nitrogens with zero attached hydrogens (tertiary/aromatic N) is 2. The minimum Gasteiger partial charge on any atom is -0.480 e. The summed E-state index contributed by atoms with van der Waals surface area (Å²) in [5, 5.41) is 17.8. The maximum Gasteiger partial charge on any atom is 0.329 e. The number of hydrogen-bond donors (Lipinski definition) is 2. The molecule has 0 radical (unpaired) electrons. The molecule has 2 N–H and O–H groups in total. The van der Waals surface area contributed by atoms with E-state index in [9.17, 15) is 14.4 Å². The fraction of sp³-hybridized carbons (Fsp3) is 0.273. The van der Waals surface area contributed by atoms with Gasteiger partial charge in [-0.1, -0.05) is 6.07 Å². The molecular weight excluding hydrogens is 240 g/mol. The zero-order valence-corrected chi connectivity index (χ0v) is 9.61. The Balaban J connectivity index is 3.10. The summed E-state index contributed by atoms with van der Waals surface area (Å²) in [6.07, 6.45) is 1.35. The van der Waals surface area contributed by atoms with E-state index in [1.165, 1.54) is 18.3 Å². The van der Waals surface area contributed by atoms with E-state index in [2.05, 4.69) is 4.98 Å². The monoisotopic (exact) mass is 252 g/mol. The molecule has 1 aromatic heterocycles. The number of aliphatic hydroxyl groups excluding tert-OH is 1. The number of carboxylic acid groups (broad SMARTS) is 1. The van der Waals surface area contributed by atoms with Crippen LogP contribution in [-0.4, -0.2) is 50.5 Å². The summed E-state index contributed by atoms with van der Waals surface area (Å²) in [4.78, 5) is 38.4. The topological polar surface area (TPSA) is 108 Å². The van der Waals surface area contributed by atoms with E-state index in [1.807, 2.05) is 0 Å². The lowest BCUT2D eigenvalue weighted by Gasteiger charge is -2.24. The first kappa shape index (κ1) is 13.8. The summed E-state index contributed by atoms with van der Waals surface area (Å²) in [5.41, 5.74) is -0.0626. The number of aliphatic hydroxyl groups is 1. The molecule has 0 saturated carbocycles. The van der Waals surface area contributed by atoms with Crippen molar-refractivity contribution in [2.24, 2.45) is 0 Å². The predicted molar refractivity (Wildman–Crippen MR) is 59.6 cm³/mol. The molecule has 7 heteroatoms. The zero-order valence-electron chi connectivity index (χ0n) is 9.61. The number of pyridine rings is 1. The number of carboxylic acids is 1. The van der Waals surface area contributed by atoms with Crippen LogP contribution in [-0.2, 0) is 9.59 Å². The van der Waals surface area contributed by atoms with Crippen molar-refractivity contribution >= 4 is 17.8 Å². The van der Waals surface area contributed by atoms with Crippen LogP contribution in [0.5, 0.6) is 0 Å². The minimum absolute atomic E-state index is 0.0626. The fourth-order valence-electron chi connectivity index (χ4n) is 1.39. The van der Waals surface area contributed by atoms with Crippen LogP contribution in [0.4, 0.5) is 0 Å². The Bertz CT molecular complexity index is 460. The van der Waals surface area contributed by atoms with Crippen LogP contribution in [0, 0.1) is 0 Å². The second-order valence-electron chi connectivity index (χ2n) is 3.45. The number of aromatic nitrogens is 1. The van der Waals surface area contributed by atoms with Gasteiger partial charge in [-0.2, -0.15) is 0 Å². The molecule has 0 aliphatic carbocycles. The summed E-state index contributed by atoms with van der Waals surface area (Å²) in [7, 11) is 0. The summed E-state index contributed by atoms with van der Waals surface area (Å²) in [6, 6.07) is 2.86. The van der Waals surface area contributed by atoms with Gasteiger partial charge >= 0.3 is 5.97 Å². The van der Waals surface area contributed by atoms with Crippen molar-refractivity contribution in [2.75, 3.05) is 6.61 Å². The Labute approximate surface area is 103 Å². The SMILES string of the molecule is CC(=O)N(C(=O)c1ccccn1)C(CO)C(=O)O. The molecule has 1 unspecified atom stereocenters. The molecule has 1 atom stereocenters. The highest BCUT2D eigenvalue weighted by molar-refractivity contribution is 6.05. The Kier molecular flexibility index (Phi) is 4.50. The standard InChI is InChI=1S/C11H12N2O5/c1-7(15)13(9(6-14)11(17)18)10(16)8-4-2-3-5-12-8/h2-5,9,14H,6H2,1H3,(H,17,18). The van der Waals surface area contributed by atoms with Crippen LogP contribution in [0.25, 0.3) is 0 Å². The zero-order chi connectivity index (χ0) is 13.7. The third-order valence-electron chi connectivity index (χ3n) is 2.21. The molecule has 0 saturated heterocycles. The number of carbonyl (C=O) groups is 3. The molecule has 0 aromatic carbocycles. The third kappa shape index (κ3) is 2.89. The van der Waals surface area contributed by atoms with Crippen LogP contribution in [0.1, 0.15) is 17.4 Å². The van der Waals surface area contributed by atoms with Gasteiger partial charge < -0.3 is 10.2 Å². The summed E-state index contributed by atoms with van der Waals surface area (Å²) >= 11 is 0. The maximum absolute atomic E-state index is 12.0. The smallest absolute Gasteiger partial charge is 0.329 e. The number of carbonyl (C=O) groups excluding carboxylic acids is 2. The molecule has 0 spiro atoms. The number of aliphatic carboxylic acids is 1. The van der Waals surface area contributed by atoms with Crippen molar-refractivity contribution < 1.29 is 24.6 Å². The van der Waals surface area contributed by atoms with Crippen molar-refractivity contribution in [3.05, 3.63) is 30.1 Å². The van der Waals surface area contributed by atoms with Crippen molar-refractivity contribution in [3.8, 4) is 0 Å². The van der Waals surface area contributed by atoms with E-state index >= 15 is 0 Å². The van der Waals surface area contributed by atoms with E-state index < -0.39 is 30.4 Å². The van der Waals surface area contributed by atoms with Crippen molar-refractivity contribution in [1.82, 2.24) is 9.88 Å². The van der Waals surface area contributed by atoms with E-state index in [4.69, 9.17) is 10.2 Å². The molecule has 0 bridgehead atoms. The molecule has 18 heavy (non-hydrogen) atoms. The van der Waals surface area contributed by atoms with E-state index in [0.717, 1.165) is 6.92 Å². The number of hydrogen-bond acceptors (Lipinski definition) is 5. The Hall–Kier alpha value is -2.28. The van der Waals surface area contributed by atoms with Gasteiger partial charge in [0.1, 0.15) is 5.69 Å². The fourth-order valence-corrected chi connectivity index (χ4v) is 1.39. The molecule has 1 rings (SSSR count). The van der Waals surface area contributed by atoms with Gasteiger partial charge in [0, 0.05) is 13.1 Å². The molecule has 96 valence electrons. The Morgan fingerprint density at radius 3 is 2.44 bits per heavy atom. The van der Waals surface area contributed by atoms with Crippen molar-refractivity contribution in [1.29, 1.82) is 0 Å². The summed E-state index contributed by atoms with van der Waals surface area (Å²) in [6.45, 7) is 0.194. The first-order valence-corrected chi connectivity index (χ1v) is 5.08. The van der Waals surface area contributed by atoms with Gasteiger partial charge in [0.2, 0.25) is 5.91 Å². The first-order valence-electron chi connectivity index (χ1n) is 5.08. The van der Waals surface area contributed by atoms with Crippen LogP contribution in [0.3, 0.4) is 0 Å². The molecule has 1 heterocycles. The highest BCUT2D eigenvalue weighted by atomic mass is 16.4. The van der Waals surface area contributed by atoms with Gasteiger partial charge in [0.15, 0.2) is 6.04 Å². The highest BCUT2D eigenvalue weighted by Crippen LogP contribution is 2.07. The lowest BCUT2D eigenvalue weighted by atomic mass is 10.2. The lowest BCUT2D eigenvalue weighted by molar-refractivity contribution is -0.148. The summed E-state index contributed by atoms with van der Waals surface area (Å²) in [5.74, 6) is -3.09. The minimum atomic E-state index is -1.61. The van der Waals surface area contributed by atoms with Crippen molar-refractivity contribution in [3.63, 3.8) is 0 Å². The van der Waals surface area contributed by atoms with E-state index in [-0.39, 0.29) is 5.69 Å². The average molecular weight is 252 g/mol. The molecule has 0 aliphatic heterocycles. The maximum atomic E-state index is 12.0. The highest BCUT2D eigenvalue weighted by Gasteiger charge is 2.33. The number of rotatable bonds is 4. The van der Waals surface area contributed by atoms with Gasteiger partial charge in [-0.25, -0.2) is 4.79 Å². The molecule has 2 amide bonds. The Morgan fingerprint density at radius 2 is 2.06 bits per heavy atom. The summed E-state index contributed by atoms with van der Waals surface area (Å²) < 4.78 is 0. The van der Waals surface area contributed by atoms with Gasteiger partial charge in [-0.15, -0.1) is 0 Å². The third-order valence-corrected chi connectivity index (χ3v) is 2.21. The van der Waals surface area contributed by atoms with Gasteiger partial charge in [0.05, 0.1) is 6.61 Å². The predicted octanol–water partition coefficient (Wildman–Crippen LogP) is -0.484. The number of imide groups is 1. The van der Waals surface area contributed by atoms with Gasteiger partial charge in [-0.3, -0.25) is 19.5 Å². The van der Waals surface area contributed by atoms with Crippen LogP contribution in [0.15, 0.2) is 24.4 Å². The number of amides is 2. The molecule has 0 aliphatic rings. The van der Waals surface area contributed by atoms with Crippen molar-refractivity contribution in [2.45, 2.75) is 13.0 Å². The van der Waals surface area contributed by atoms with E-state index in [0.29, 0.717) is 4.90 Å². The quantitative estimate of drug-likeness (QED) is 0.749. The second-order valence-corrected chi connectivity index (χ2v) is 3.45. The van der Waals surface area contributed by atoms with Crippen LogP contribution in [0.2, 0.25) is 0 Å². The molecular formula is C11H12N2O5.